The van der Waals surface area contributed by atoms with Gasteiger partial charge in [0.25, 0.3) is 0 Å². The first-order valence-electron chi connectivity index (χ1n) is 21.9. The lowest BCUT2D eigenvalue weighted by Gasteiger charge is -2.20. The van der Waals surface area contributed by atoms with Crippen LogP contribution in [0.25, 0.3) is 0 Å². The topological polar surface area (TPSA) is 132 Å². The Morgan fingerprint density at radius 2 is 0.931 bits per heavy atom. The van der Waals surface area contributed by atoms with Gasteiger partial charge in [-0.05, 0) is 96.3 Å². The Labute approximate surface area is 352 Å². The molecule has 10 heteroatoms. The highest BCUT2D eigenvalue weighted by atomic mass is 31.2. The van der Waals surface area contributed by atoms with Crippen LogP contribution in [0.4, 0.5) is 0 Å². The molecule has 0 saturated heterocycles. The molecule has 0 aliphatic heterocycles. The quantitative estimate of drug-likeness (QED) is 0.0239. The van der Waals surface area contributed by atoms with E-state index in [4.69, 9.17) is 23.6 Å². The monoisotopic (exact) mass is 831 g/mol. The number of allylic oxidation sites excluding steroid dienone is 18. The number of phosphoric acid groups is 1. The molecule has 0 fully saturated rings. The zero-order valence-electron chi connectivity index (χ0n) is 36.0. The molecule has 3 N–H and O–H groups in total. The first-order chi connectivity index (χ1) is 28.3. The number of ether oxygens (including phenoxy) is 2. The summed E-state index contributed by atoms with van der Waals surface area (Å²) in [7, 11) is -4.54. The van der Waals surface area contributed by atoms with E-state index >= 15 is 0 Å². The molecule has 0 rings (SSSR count). The van der Waals surface area contributed by atoms with E-state index in [9.17, 15) is 19.4 Å². The summed E-state index contributed by atoms with van der Waals surface area (Å²) in [4.78, 5) is 22.6. The predicted molar refractivity (Wildman–Crippen MR) is 241 cm³/mol. The molecule has 3 atom stereocenters. The van der Waals surface area contributed by atoms with Crippen LogP contribution in [0.3, 0.4) is 0 Å². The van der Waals surface area contributed by atoms with Gasteiger partial charge in [-0.2, -0.15) is 0 Å². The molecule has 0 aromatic heterocycles. The Kier molecular flexibility index (Phi) is 41.5. The number of phosphoric ester groups is 1. The average Bonchev–Trinajstić information content (AvgIpc) is 3.21. The Morgan fingerprint density at radius 1 is 0.534 bits per heavy atom. The molecular formula is C48H79O9P. The second-order valence-electron chi connectivity index (χ2n) is 13.9. The Bertz CT molecular complexity index is 1260. The second kappa shape index (κ2) is 43.7. The smallest absolute Gasteiger partial charge is 0.457 e. The van der Waals surface area contributed by atoms with Crippen LogP contribution in [0, 0.1) is 0 Å². The largest absolute Gasteiger partial charge is 0.472 e. The zero-order chi connectivity index (χ0) is 42.5. The molecule has 0 aliphatic carbocycles. The number of esters is 1. The minimum absolute atomic E-state index is 0.0144. The van der Waals surface area contributed by atoms with Crippen LogP contribution in [0.15, 0.2) is 109 Å². The molecule has 0 aromatic rings. The standard InChI is InChI=1S/C48H79O9P/c1-3-5-7-9-11-13-15-17-19-21-22-23-24-25-26-28-30-32-34-36-38-40-48(51)57-47(45-56-58(52,53)55-43-46(50)42-49)44-54-41-39-37-35-33-31-29-27-20-18-16-14-12-10-8-6-4-2/h5-8,11-14,17-20,22-23,25-26,30,32,46-47,49-50H,3-4,9-10,15-16,21,24,27-29,31,33-45H2,1-2H3,(H,52,53)/b7-5-,8-6-,13-11-,14-12-,19-17-,20-18-,23-22-,26-25-,32-30-. The van der Waals surface area contributed by atoms with Gasteiger partial charge in [-0.25, -0.2) is 4.57 Å². The van der Waals surface area contributed by atoms with Gasteiger partial charge >= 0.3 is 13.8 Å². The SMILES string of the molecule is CC/C=C\C/C=C\C/C=C\C/C=C\C/C=C\C/C=C\CCCCC(=O)OC(COCCCCCCCC/C=C\C/C=C\C/C=C\CC)COP(=O)(O)OCC(O)CO. The third kappa shape index (κ3) is 42.7. The number of aliphatic hydroxyl groups is 2. The van der Waals surface area contributed by atoms with Crippen molar-refractivity contribution in [2.45, 2.75) is 154 Å². The van der Waals surface area contributed by atoms with E-state index in [2.05, 4.69) is 123 Å². The summed E-state index contributed by atoms with van der Waals surface area (Å²) in [6.07, 6.45) is 56.2. The maximum Gasteiger partial charge on any atom is 0.472 e. The number of carbonyl (C=O) groups is 1. The Balaban J connectivity index is 4.32. The van der Waals surface area contributed by atoms with Crippen molar-refractivity contribution in [1.29, 1.82) is 0 Å². The first kappa shape index (κ1) is 55.1. The number of hydrogen-bond donors (Lipinski definition) is 3. The molecular weight excluding hydrogens is 751 g/mol. The second-order valence-corrected chi connectivity index (χ2v) is 15.4. The van der Waals surface area contributed by atoms with Gasteiger partial charge in [0.2, 0.25) is 0 Å². The van der Waals surface area contributed by atoms with Crippen molar-refractivity contribution in [3.63, 3.8) is 0 Å². The van der Waals surface area contributed by atoms with Crippen molar-refractivity contribution in [2.75, 3.05) is 33.0 Å². The molecule has 0 radical (unpaired) electrons. The predicted octanol–water partition coefficient (Wildman–Crippen LogP) is 12.2. The lowest BCUT2D eigenvalue weighted by Crippen LogP contribution is -2.29. The van der Waals surface area contributed by atoms with Gasteiger partial charge in [0, 0.05) is 13.0 Å². The van der Waals surface area contributed by atoms with Crippen molar-refractivity contribution in [2.24, 2.45) is 0 Å². The highest BCUT2D eigenvalue weighted by molar-refractivity contribution is 7.47. The number of carbonyl (C=O) groups excluding carboxylic acids is 1. The summed E-state index contributed by atoms with van der Waals surface area (Å²) in [6, 6.07) is 0. The van der Waals surface area contributed by atoms with E-state index in [1.165, 1.54) is 19.3 Å². The van der Waals surface area contributed by atoms with Crippen LogP contribution >= 0.6 is 7.82 Å². The molecule has 0 aromatic carbocycles. The van der Waals surface area contributed by atoms with Crippen molar-refractivity contribution < 1.29 is 43.0 Å². The van der Waals surface area contributed by atoms with Crippen molar-refractivity contribution in [3.05, 3.63) is 109 Å². The van der Waals surface area contributed by atoms with Crippen molar-refractivity contribution in [1.82, 2.24) is 0 Å². The number of aliphatic hydroxyl groups excluding tert-OH is 2. The molecule has 0 saturated carbocycles. The Hall–Kier alpha value is -2.88. The third-order valence-corrected chi connectivity index (χ3v) is 9.40. The maximum absolute atomic E-state index is 12.6. The van der Waals surface area contributed by atoms with E-state index in [-0.39, 0.29) is 13.0 Å². The number of rotatable bonds is 40. The van der Waals surface area contributed by atoms with Crippen LogP contribution in [0.1, 0.15) is 142 Å². The van der Waals surface area contributed by atoms with Crippen LogP contribution in [0.5, 0.6) is 0 Å². The number of unbranched alkanes of at least 4 members (excludes halogenated alkanes) is 8. The minimum atomic E-state index is -4.54. The van der Waals surface area contributed by atoms with Crippen LogP contribution in [-0.4, -0.2) is 66.3 Å². The van der Waals surface area contributed by atoms with Gasteiger partial charge in [0.1, 0.15) is 12.2 Å². The molecule has 3 unspecified atom stereocenters. The van der Waals surface area contributed by atoms with Crippen LogP contribution in [0.2, 0.25) is 0 Å². The normalized spacial score (nSPS) is 15.1. The molecule has 0 spiro atoms. The first-order valence-corrected chi connectivity index (χ1v) is 23.4. The van der Waals surface area contributed by atoms with Crippen molar-refractivity contribution >= 4 is 13.8 Å². The molecule has 9 nitrogen and oxygen atoms in total. The van der Waals surface area contributed by atoms with E-state index in [0.29, 0.717) is 13.0 Å². The highest BCUT2D eigenvalue weighted by Gasteiger charge is 2.26. The molecule has 0 bridgehead atoms. The number of hydrogen-bond acceptors (Lipinski definition) is 8. The van der Waals surface area contributed by atoms with Gasteiger partial charge in [-0.15, -0.1) is 0 Å². The molecule has 0 aliphatic rings. The summed E-state index contributed by atoms with van der Waals surface area (Å²) in [5.41, 5.74) is 0. The summed E-state index contributed by atoms with van der Waals surface area (Å²) >= 11 is 0. The van der Waals surface area contributed by atoms with Gasteiger partial charge in [-0.3, -0.25) is 13.8 Å². The van der Waals surface area contributed by atoms with Crippen LogP contribution < -0.4 is 0 Å². The molecule has 0 heterocycles. The van der Waals surface area contributed by atoms with Gasteiger partial charge < -0.3 is 24.6 Å². The summed E-state index contributed by atoms with van der Waals surface area (Å²) < 4.78 is 33.3. The zero-order valence-corrected chi connectivity index (χ0v) is 36.9. The van der Waals surface area contributed by atoms with Crippen molar-refractivity contribution in [3.8, 4) is 0 Å². The fourth-order valence-electron chi connectivity index (χ4n) is 5.19. The van der Waals surface area contributed by atoms with E-state index in [1.807, 2.05) is 0 Å². The molecule has 58 heavy (non-hydrogen) atoms. The minimum Gasteiger partial charge on any atom is -0.457 e. The van der Waals surface area contributed by atoms with Gasteiger partial charge in [0.15, 0.2) is 0 Å². The average molecular weight is 831 g/mol. The van der Waals surface area contributed by atoms with E-state index in [0.717, 1.165) is 96.3 Å². The van der Waals surface area contributed by atoms with Gasteiger partial charge in [-0.1, -0.05) is 149 Å². The van der Waals surface area contributed by atoms with E-state index < -0.39 is 45.8 Å². The third-order valence-electron chi connectivity index (χ3n) is 8.45. The summed E-state index contributed by atoms with van der Waals surface area (Å²) in [5, 5.41) is 18.4. The Morgan fingerprint density at radius 3 is 1.40 bits per heavy atom. The lowest BCUT2D eigenvalue weighted by atomic mass is 10.1. The maximum atomic E-state index is 12.6. The summed E-state index contributed by atoms with van der Waals surface area (Å²) in [5.74, 6) is -0.435. The molecule has 0 amide bonds. The lowest BCUT2D eigenvalue weighted by molar-refractivity contribution is -0.154. The van der Waals surface area contributed by atoms with Crippen LogP contribution in [-0.2, 0) is 27.9 Å². The van der Waals surface area contributed by atoms with E-state index in [1.54, 1.807) is 0 Å². The highest BCUT2D eigenvalue weighted by Crippen LogP contribution is 2.43. The fraction of sp³-hybridized carbons (Fsp3) is 0.604. The summed E-state index contributed by atoms with van der Waals surface area (Å²) in [6.45, 7) is 3.16. The molecule has 330 valence electrons. The fourth-order valence-corrected chi connectivity index (χ4v) is 5.98. The van der Waals surface area contributed by atoms with Gasteiger partial charge in [0.05, 0.1) is 26.4 Å².